The number of carbonyl (C=O) groups is 1. The number of rotatable bonds is 3. The van der Waals surface area contributed by atoms with Crippen LogP contribution < -0.4 is 5.32 Å². The van der Waals surface area contributed by atoms with Gasteiger partial charge in [-0.1, -0.05) is 6.92 Å². The monoisotopic (exact) mass is 370 g/mol. The van der Waals surface area contributed by atoms with Crippen molar-refractivity contribution in [3.63, 3.8) is 0 Å². The maximum absolute atomic E-state index is 12.8. The molecule has 25 heavy (non-hydrogen) atoms. The van der Waals surface area contributed by atoms with Crippen LogP contribution in [-0.4, -0.2) is 49.2 Å². The van der Waals surface area contributed by atoms with Crippen molar-refractivity contribution in [3.05, 3.63) is 0 Å². The molecule has 2 aliphatic carbocycles. The van der Waals surface area contributed by atoms with E-state index in [9.17, 15) is 4.79 Å². The average Bonchev–Trinajstić information content (AvgIpc) is 3.30. The van der Waals surface area contributed by atoms with E-state index in [2.05, 4.69) is 17.1 Å². The van der Waals surface area contributed by atoms with Crippen LogP contribution in [0.1, 0.15) is 64.7 Å². The Morgan fingerprint density at radius 3 is 2.24 bits per heavy atom. The topological polar surface area (TPSA) is 41.6 Å². The summed E-state index contributed by atoms with van der Waals surface area (Å²) in [5.41, 5.74) is 0.370. The Bertz CT molecular complexity index is 451. The fourth-order valence-corrected chi connectivity index (χ4v) is 5.24. The van der Waals surface area contributed by atoms with E-state index in [1.807, 2.05) is 0 Å². The average molecular weight is 371 g/mol. The van der Waals surface area contributed by atoms with Gasteiger partial charge in [-0.25, -0.2) is 0 Å². The van der Waals surface area contributed by atoms with Gasteiger partial charge in [0.2, 0.25) is 5.91 Å². The van der Waals surface area contributed by atoms with E-state index < -0.39 is 0 Å². The molecule has 1 amide bonds. The Kier molecular flexibility index (Phi) is 6.33. The van der Waals surface area contributed by atoms with Gasteiger partial charge < -0.3 is 15.0 Å². The molecule has 2 saturated carbocycles. The largest absolute Gasteiger partial charge is 0.375 e. The molecule has 2 saturated heterocycles. The summed E-state index contributed by atoms with van der Waals surface area (Å²) in [5, 5.41) is 3.43. The molecule has 144 valence electrons. The van der Waals surface area contributed by atoms with Gasteiger partial charge in [0, 0.05) is 19.0 Å². The van der Waals surface area contributed by atoms with Crippen LogP contribution >= 0.6 is 12.4 Å². The number of nitrogens with one attached hydrogen (secondary N) is 1. The number of hydrogen-bond acceptors (Lipinski definition) is 3. The van der Waals surface area contributed by atoms with E-state index in [1.165, 1.54) is 38.5 Å². The van der Waals surface area contributed by atoms with Gasteiger partial charge in [-0.05, 0) is 82.2 Å². The lowest BCUT2D eigenvalue weighted by molar-refractivity contribution is -0.137. The van der Waals surface area contributed by atoms with Crippen molar-refractivity contribution < 1.29 is 9.53 Å². The summed E-state index contributed by atoms with van der Waals surface area (Å²) in [4.78, 5) is 15.0. The minimum atomic E-state index is 0. The molecular formula is C20H35ClN2O2. The number of amides is 1. The Morgan fingerprint density at radius 1 is 1.00 bits per heavy atom. The lowest BCUT2D eigenvalue weighted by Crippen LogP contribution is -2.44. The Balaban J connectivity index is 0.00000182. The number of likely N-dealkylation sites (tertiary alicyclic amines) is 1. The molecule has 2 aliphatic heterocycles. The van der Waals surface area contributed by atoms with Crippen LogP contribution in [0.15, 0.2) is 0 Å². The van der Waals surface area contributed by atoms with Gasteiger partial charge >= 0.3 is 0 Å². The molecule has 0 aromatic carbocycles. The van der Waals surface area contributed by atoms with Crippen molar-refractivity contribution in [3.8, 4) is 0 Å². The molecule has 1 spiro atoms. The minimum absolute atomic E-state index is 0. The summed E-state index contributed by atoms with van der Waals surface area (Å²) >= 11 is 0. The standard InChI is InChI=1S/C20H34N2O2.ClH/c1-15-2-4-16(5-3-15)24-17-6-12-22(13-7-17)19(23)18-14-20(18)8-10-21-11-9-20;/h15-18,21H,2-14H2,1H3;1H. The van der Waals surface area contributed by atoms with Crippen LogP contribution in [0.25, 0.3) is 0 Å². The third kappa shape index (κ3) is 4.33. The molecule has 1 N–H and O–H groups in total. The van der Waals surface area contributed by atoms with Crippen molar-refractivity contribution in [2.45, 2.75) is 76.9 Å². The molecule has 0 radical (unpaired) electrons. The Morgan fingerprint density at radius 2 is 1.60 bits per heavy atom. The number of halogens is 1. The molecule has 0 bridgehead atoms. The summed E-state index contributed by atoms with van der Waals surface area (Å²) < 4.78 is 6.35. The van der Waals surface area contributed by atoms with E-state index in [0.717, 1.165) is 51.4 Å². The van der Waals surface area contributed by atoms with Crippen LogP contribution in [0.3, 0.4) is 0 Å². The van der Waals surface area contributed by atoms with Crippen LogP contribution in [0.5, 0.6) is 0 Å². The normalized spacial score (nSPS) is 35.2. The van der Waals surface area contributed by atoms with Crippen molar-refractivity contribution >= 4 is 18.3 Å². The number of ether oxygens (including phenoxy) is 1. The van der Waals surface area contributed by atoms with Crippen LogP contribution in [0.2, 0.25) is 0 Å². The molecule has 1 unspecified atom stereocenters. The quantitative estimate of drug-likeness (QED) is 0.827. The Hall–Kier alpha value is -0.320. The van der Waals surface area contributed by atoms with Crippen molar-refractivity contribution in [1.29, 1.82) is 0 Å². The van der Waals surface area contributed by atoms with E-state index in [-0.39, 0.29) is 12.4 Å². The zero-order valence-electron chi connectivity index (χ0n) is 15.7. The summed E-state index contributed by atoms with van der Waals surface area (Å²) in [7, 11) is 0. The third-order valence-electron chi connectivity index (χ3n) is 7.19. The zero-order chi connectivity index (χ0) is 16.6. The second-order valence-electron chi connectivity index (χ2n) is 8.91. The van der Waals surface area contributed by atoms with Gasteiger partial charge in [0.05, 0.1) is 12.2 Å². The molecular weight excluding hydrogens is 336 g/mol. The lowest BCUT2D eigenvalue weighted by Gasteiger charge is -2.36. The van der Waals surface area contributed by atoms with Crippen molar-refractivity contribution in [1.82, 2.24) is 10.2 Å². The first-order chi connectivity index (χ1) is 11.7. The molecule has 5 heteroatoms. The first-order valence-electron chi connectivity index (χ1n) is 10.3. The van der Waals surface area contributed by atoms with Gasteiger partial charge in [0.25, 0.3) is 0 Å². The molecule has 1 atom stereocenters. The number of carbonyl (C=O) groups excluding carboxylic acids is 1. The summed E-state index contributed by atoms with van der Waals surface area (Å²) in [6.07, 6.45) is 11.6. The predicted octanol–water partition coefficient (Wildman–Crippen LogP) is 3.38. The third-order valence-corrected chi connectivity index (χ3v) is 7.19. The van der Waals surface area contributed by atoms with Crippen molar-refractivity contribution in [2.24, 2.45) is 17.3 Å². The highest BCUT2D eigenvalue weighted by molar-refractivity contribution is 5.85. The van der Waals surface area contributed by atoms with Crippen LogP contribution in [0, 0.1) is 17.3 Å². The molecule has 4 aliphatic rings. The van der Waals surface area contributed by atoms with Crippen LogP contribution in [-0.2, 0) is 9.53 Å². The van der Waals surface area contributed by atoms with Gasteiger partial charge in [-0.15, -0.1) is 12.4 Å². The Labute approximate surface area is 158 Å². The maximum Gasteiger partial charge on any atom is 0.226 e. The van der Waals surface area contributed by atoms with E-state index in [0.29, 0.717) is 29.4 Å². The second kappa shape index (κ2) is 8.14. The van der Waals surface area contributed by atoms with E-state index in [4.69, 9.17) is 4.74 Å². The zero-order valence-corrected chi connectivity index (χ0v) is 16.5. The SMILES string of the molecule is CC1CCC(OC2CCN(C(=O)C3CC34CCNCC4)CC2)CC1.Cl. The highest BCUT2D eigenvalue weighted by atomic mass is 35.5. The minimum Gasteiger partial charge on any atom is -0.375 e. The molecule has 4 nitrogen and oxygen atoms in total. The fraction of sp³-hybridized carbons (Fsp3) is 0.950. The van der Waals surface area contributed by atoms with Crippen LogP contribution in [0.4, 0.5) is 0 Å². The highest BCUT2D eigenvalue weighted by Gasteiger charge is 2.58. The van der Waals surface area contributed by atoms with Gasteiger partial charge in [0.15, 0.2) is 0 Å². The predicted molar refractivity (Wildman–Crippen MR) is 102 cm³/mol. The second-order valence-corrected chi connectivity index (χ2v) is 8.91. The van der Waals surface area contributed by atoms with Gasteiger partial charge in [-0.3, -0.25) is 4.79 Å². The molecule has 0 aromatic heterocycles. The maximum atomic E-state index is 12.8. The highest BCUT2D eigenvalue weighted by Crippen LogP contribution is 2.59. The summed E-state index contributed by atoms with van der Waals surface area (Å²) in [6.45, 7) is 6.38. The fourth-order valence-electron chi connectivity index (χ4n) is 5.24. The van der Waals surface area contributed by atoms with Crippen molar-refractivity contribution in [2.75, 3.05) is 26.2 Å². The first-order valence-corrected chi connectivity index (χ1v) is 10.3. The molecule has 4 fully saturated rings. The first kappa shape index (κ1) is 19.4. The van der Waals surface area contributed by atoms with Gasteiger partial charge in [-0.2, -0.15) is 0 Å². The smallest absolute Gasteiger partial charge is 0.226 e. The molecule has 0 aromatic rings. The van der Waals surface area contributed by atoms with E-state index in [1.54, 1.807) is 0 Å². The summed E-state index contributed by atoms with van der Waals surface area (Å²) in [6, 6.07) is 0. The van der Waals surface area contributed by atoms with E-state index >= 15 is 0 Å². The lowest BCUT2D eigenvalue weighted by atomic mass is 9.88. The summed E-state index contributed by atoms with van der Waals surface area (Å²) in [5.74, 6) is 1.66. The number of piperidine rings is 2. The van der Waals surface area contributed by atoms with Gasteiger partial charge in [0.1, 0.15) is 0 Å². The molecule has 2 heterocycles. The molecule has 4 rings (SSSR count). The number of nitrogens with zero attached hydrogens (tertiary/aromatic N) is 1. The number of hydrogen-bond donors (Lipinski definition) is 1.